The van der Waals surface area contributed by atoms with Crippen LogP contribution in [-0.4, -0.2) is 11.7 Å². The smallest absolute Gasteiger partial charge is 0.0456 e. The van der Waals surface area contributed by atoms with Crippen molar-refractivity contribution in [1.82, 2.24) is 0 Å². The summed E-state index contributed by atoms with van der Waals surface area (Å²) in [6, 6.07) is 0. The number of hydrogen-bond acceptors (Lipinski definition) is 1. The van der Waals surface area contributed by atoms with E-state index < -0.39 is 0 Å². The molecular weight excluding hydrogens is 352 g/mol. The molecule has 0 heterocycles. The number of fused-ring (bicyclic) bond motifs is 4. The van der Waals surface area contributed by atoms with Gasteiger partial charge in [0.25, 0.3) is 0 Å². The SMILES string of the molecule is CC(CO)CCC[C@@H](C)[C@H]1CC[C@H]2C3=C(CC[C@]12C)[C@@]1(C)CCCC(C)C1CC3. The minimum absolute atomic E-state index is 0.354. The van der Waals surface area contributed by atoms with Crippen LogP contribution < -0.4 is 0 Å². The first-order valence-corrected chi connectivity index (χ1v) is 13.1. The summed E-state index contributed by atoms with van der Waals surface area (Å²) in [5.41, 5.74) is 5.03. The lowest BCUT2D eigenvalue weighted by Gasteiger charge is -2.56. The van der Waals surface area contributed by atoms with Crippen molar-refractivity contribution in [3.63, 3.8) is 0 Å². The molecule has 2 saturated carbocycles. The Bertz CT molecular complexity index is 620. The Morgan fingerprint density at radius 2 is 1.79 bits per heavy atom. The highest BCUT2D eigenvalue weighted by Crippen LogP contribution is 2.66. The highest BCUT2D eigenvalue weighted by Gasteiger charge is 2.55. The van der Waals surface area contributed by atoms with Gasteiger partial charge < -0.3 is 5.11 Å². The molecule has 0 aromatic rings. The van der Waals surface area contributed by atoms with E-state index in [-0.39, 0.29) is 0 Å². The first kappa shape index (κ1) is 21.9. The Balaban J connectivity index is 1.50. The Morgan fingerprint density at radius 3 is 2.55 bits per heavy atom. The summed E-state index contributed by atoms with van der Waals surface area (Å²) in [5, 5.41) is 9.33. The standard InChI is InChI=1S/C28H48O/c1-19(18-29)8-6-9-20(2)24-13-14-25-22-11-12-23-21(3)10-7-16-27(23,4)26(22)15-17-28(24,25)5/h19-21,23-25,29H,6-18H2,1-5H3/t19?,20-,21?,23?,24-,25+,27+,28-/m1/s1. The molecule has 1 nitrogen and oxygen atoms in total. The number of aliphatic hydroxyl groups is 1. The van der Waals surface area contributed by atoms with E-state index in [1.807, 2.05) is 11.1 Å². The van der Waals surface area contributed by atoms with Gasteiger partial charge in [0.05, 0.1) is 0 Å². The maximum absolute atomic E-state index is 9.33. The van der Waals surface area contributed by atoms with E-state index >= 15 is 0 Å². The first-order valence-electron chi connectivity index (χ1n) is 13.1. The van der Waals surface area contributed by atoms with Crippen LogP contribution in [0.3, 0.4) is 0 Å². The van der Waals surface area contributed by atoms with Crippen LogP contribution in [-0.2, 0) is 0 Å². The molecule has 0 aromatic heterocycles. The minimum Gasteiger partial charge on any atom is -0.396 e. The second-order valence-corrected chi connectivity index (χ2v) is 12.4. The van der Waals surface area contributed by atoms with Crippen molar-refractivity contribution in [2.24, 2.45) is 46.3 Å². The second kappa shape index (κ2) is 8.33. The van der Waals surface area contributed by atoms with Crippen LogP contribution in [0.4, 0.5) is 0 Å². The fraction of sp³-hybridized carbons (Fsp3) is 0.929. The summed E-state index contributed by atoms with van der Waals surface area (Å²) in [5.74, 6) is 5.04. The average Bonchev–Trinajstić information content (AvgIpc) is 3.05. The van der Waals surface area contributed by atoms with E-state index in [1.165, 1.54) is 77.0 Å². The van der Waals surface area contributed by atoms with Crippen molar-refractivity contribution >= 4 is 0 Å². The Labute approximate surface area is 181 Å². The van der Waals surface area contributed by atoms with Crippen LogP contribution >= 0.6 is 0 Å². The molecule has 166 valence electrons. The van der Waals surface area contributed by atoms with Gasteiger partial charge in [-0.15, -0.1) is 0 Å². The highest BCUT2D eigenvalue weighted by atomic mass is 16.3. The largest absolute Gasteiger partial charge is 0.396 e. The number of aliphatic hydroxyl groups excluding tert-OH is 1. The van der Waals surface area contributed by atoms with E-state index in [1.54, 1.807) is 0 Å². The average molecular weight is 401 g/mol. The molecule has 0 spiro atoms. The van der Waals surface area contributed by atoms with Crippen molar-refractivity contribution in [3.05, 3.63) is 11.1 Å². The highest BCUT2D eigenvalue weighted by molar-refractivity contribution is 5.34. The van der Waals surface area contributed by atoms with Crippen molar-refractivity contribution < 1.29 is 5.11 Å². The van der Waals surface area contributed by atoms with Gasteiger partial charge >= 0.3 is 0 Å². The predicted octanol–water partition coefficient (Wildman–Crippen LogP) is 7.78. The van der Waals surface area contributed by atoms with Crippen LogP contribution in [0.5, 0.6) is 0 Å². The van der Waals surface area contributed by atoms with E-state index in [9.17, 15) is 5.11 Å². The molecule has 0 radical (unpaired) electrons. The lowest BCUT2D eigenvalue weighted by Crippen LogP contribution is -2.45. The molecule has 0 saturated heterocycles. The lowest BCUT2D eigenvalue weighted by molar-refractivity contribution is 0.0436. The molecule has 1 heteroatoms. The summed E-state index contributed by atoms with van der Waals surface area (Å²) in [6.07, 6.45) is 16.9. The van der Waals surface area contributed by atoms with Gasteiger partial charge in [0, 0.05) is 6.61 Å². The predicted molar refractivity (Wildman–Crippen MR) is 124 cm³/mol. The molecule has 1 N–H and O–H groups in total. The zero-order valence-corrected chi connectivity index (χ0v) is 20.1. The third-order valence-electron chi connectivity index (χ3n) is 10.8. The topological polar surface area (TPSA) is 20.2 Å². The van der Waals surface area contributed by atoms with Crippen molar-refractivity contribution in [3.8, 4) is 0 Å². The summed E-state index contributed by atoms with van der Waals surface area (Å²) in [4.78, 5) is 0. The van der Waals surface area contributed by atoms with Crippen molar-refractivity contribution in [1.29, 1.82) is 0 Å². The van der Waals surface area contributed by atoms with Gasteiger partial charge in [0.1, 0.15) is 0 Å². The van der Waals surface area contributed by atoms with Crippen LogP contribution in [0, 0.1) is 46.3 Å². The molecule has 4 aliphatic carbocycles. The van der Waals surface area contributed by atoms with Gasteiger partial charge in [0.15, 0.2) is 0 Å². The van der Waals surface area contributed by atoms with Gasteiger partial charge in [-0.2, -0.15) is 0 Å². The van der Waals surface area contributed by atoms with Crippen LogP contribution in [0.2, 0.25) is 0 Å². The molecule has 2 fully saturated rings. The molecule has 0 aromatic carbocycles. The van der Waals surface area contributed by atoms with Gasteiger partial charge in [-0.05, 0) is 97.7 Å². The molecule has 0 bridgehead atoms. The van der Waals surface area contributed by atoms with E-state index in [4.69, 9.17) is 0 Å². The molecule has 0 aliphatic heterocycles. The second-order valence-electron chi connectivity index (χ2n) is 12.4. The van der Waals surface area contributed by atoms with Gasteiger partial charge in [0.2, 0.25) is 0 Å². The fourth-order valence-corrected chi connectivity index (χ4v) is 9.05. The van der Waals surface area contributed by atoms with Crippen LogP contribution in [0.25, 0.3) is 0 Å². The Hall–Kier alpha value is -0.300. The number of hydrogen-bond donors (Lipinski definition) is 1. The molecule has 3 unspecified atom stereocenters. The number of allylic oxidation sites excluding steroid dienone is 2. The summed E-state index contributed by atoms with van der Waals surface area (Å²) >= 11 is 0. The van der Waals surface area contributed by atoms with Crippen LogP contribution in [0.15, 0.2) is 11.1 Å². The molecule has 4 rings (SSSR count). The molecule has 0 amide bonds. The minimum atomic E-state index is 0.354. The van der Waals surface area contributed by atoms with Gasteiger partial charge in [-0.1, -0.05) is 71.4 Å². The van der Waals surface area contributed by atoms with Gasteiger partial charge in [-0.25, -0.2) is 0 Å². The van der Waals surface area contributed by atoms with Crippen LogP contribution in [0.1, 0.15) is 112 Å². The third-order valence-corrected chi connectivity index (χ3v) is 10.8. The molecule has 8 atom stereocenters. The van der Waals surface area contributed by atoms with Crippen molar-refractivity contribution in [2.75, 3.05) is 6.61 Å². The zero-order valence-electron chi connectivity index (χ0n) is 20.1. The van der Waals surface area contributed by atoms with E-state index in [0.29, 0.717) is 23.4 Å². The first-order chi connectivity index (χ1) is 13.8. The zero-order chi connectivity index (χ0) is 20.8. The summed E-state index contributed by atoms with van der Waals surface area (Å²) in [6.45, 7) is 13.0. The summed E-state index contributed by atoms with van der Waals surface area (Å²) in [7, 11) is 0. The lowest BCUT2D eigenvalue weighted by atomic mass is 9.49. The number of rotatable bonds is 6. The van der Waals surface area contributed by atoms with Gasteiger partial charge in [-0.3, -0.25) is 0 Å². The Morgan fingerprint density at radius 1 is 1.00 bits per heavy atom. The fourth-order valence-electron chi connectivity index (χ4n) is 9.05. The van der Waals surface area contributed by atoms with Crippen molar-refractivity contribution in [2.45, 2.75) is 112 Å². The maximum atomic E-state index is 9.33. The quantitative estimate of drug-likeness (QED) is 0.451. The van der Waals surface area contributed by atoms with E-state index in [0.717, 1.165) is 29.6 Å². The normalized spacial score (nSPS) is 44.1. The third kappa shape index (κ3) is 3.66. The monoisotopic (exact) mass is 400 g/mol. The maximum Gasteiger partial charge on any atom is 0.0456 e. The van der Waals surface area contributed by atoms with E-state index in [2.05, 4.69) is 34.6 Å². The molecular formula is C28H48O. The molecule has 4 aliphatic rings. The summed E-state index contributed by atoms with van der Waals surface area (Å²) < 4.78 is 0. The Kier molecular flexibility index (Phi) is 6.29. The molecule has 29 heavy (non-hydrogen) atoms.